The molecule has 0 saturated carbocycles. The Kier molecular flexibility index (Phi) is 2.79. The van der Waals surface area contributed by atoms with Crippen molar-refractivity contribution in [3.63, 3.8) is 0 Å². The Bertz CT molecular complexity index is 584. The molecule has 0 spiro atoms. The van der Waals surface area contributed by atoms with Crippen LogP contribution in [0.1, 0.15) is 28.7 Å². The number of ketones is 1. The Balaban J connectivity index is 2.75. The second-order valence-electron chi connectivity index (χ2n) is 4.18. The fraction of sp³-hybridized carbons (Fsp3) is 0.308. The summed E-state index contributed by atoms with van der Waals surface area (Å²) in [5, 5.41) is 4.27. The van der Waals surface area contributed by atoms with E-state index in [4.69, 9.17) is 0 Å². The van der Waals surface area contributed by atoms with Gasteiger partial charge in [-0.05, 0) is 31.0 Å². The minimum absolute atomic E-state index is 0.0140. The summed E-state index contributed by atoms with van der Waals surface area (Å²) < 4.78 is 1.74. The third kappa shape index (κ3) is 1.86. The summed E-state index contributed by atoms with van der Waals surface area (Å²) in [6, 6.07) is 1.92. The molecule has 2 aromatic rings. The molecule has 0 saturated heterocycles. The molecule has 4 heteroatoms. The van der Waals surface area contributed by atoms with E-state index in [9.17, 15) is 4.79 Å². The topological polar surface area (TPSA) is 47.8 Å². The number of Topliss-reactive ketones (excluding diaryl/α,β-unsaturated/α-hetero) is 1. The Hall–Kier alpha value is -1.97. The number of aryl methyl sites for hydroxylation is 2. The molecule has 2 aromatic heterocycles. The number of hydrogen-bond acceptors (Lipinski definition) is 3. The molecular weight excluding hydrogens is 214 g/mol. The number of carbonyl (C=O) groups is 1. The van der Waals surface area contributed by atoms with Gasteiger partial charge in [-0.15, -0.1) is 0 Å². The van der Waals surface area contributed by atoms with Crippen LogP contribution in [0.2, 0.25) is 0 Å². The summed E-state index contributed by atoms with van der Waals surface area (Å²) in [6.45, 7) is 5.50. The highest BCUT2D eigenvalue weighted by molar-refractivity contribution is 5.99. The lowest BCUT2D eigenvalue weighted by Crippen LogP contribution is -1.97. The van der Waals surface area contributed by atoms with E-state index in [2.05, 4.69) is 10.1 Å². The van der Waals surface area contributed by atoms with Crippen molar-refractivity contribution in [2.24, 2.45) is 7.05 Å². The lowest BCUT2D eigenvalue weighted by Gasteiger charge is -2.05. The van der Waals surface area contributed by atoms with Crippen molar-refractivity contribution >= 4 is 5.78 Å². The van der Waals surface area contributed by atoms with Gasteiger partial charge < -0.3 is 0 Å². The molecular formula is C13H15N3O. The summed E-state index contributed by atoms with van der Waals surface area (Å²) >= 11 is 0. The minimum atomic E-state index is -0.0140. The lowest BCUT2D eigenvalue weighted by atomic mass is 9.99. The van der Waals surface area contributed by atoms with E-state index >= 15 is 0 Å². The van der Waals surface area contributed by atoms with Crippen LogP contribution >= 0.6 is 0 Å². The average molecular weight is 229 g/mol. The van der Waals surface area contributed by atoms with E-state index < -0.39 is 0 Å². The summed E-state index contributed by atoms with van der Waals surface area (Å²) in [5.41, 5.74) is 4.51. The second-order valence-corrected chi connectivity index (χ2v) is 4.18. The average Bonchev–Trinajstić information content (AvgIpc) is 2.57. The predicted octanol–water partition coefficient (Wildman–Crippen LogP) is 2.30. The van der Waals surface area contributed by atoms with Crippen LogP contribution in [0.3, 0.4) is 0 Å². The van der Waals surface area contributed by atoms with Crippen LogP contribution in [-0.2, 0) is 7.05 Å². The summed E-state index contributed by atoms with van der Waals surface area (Å²) in [6.07, 6.45) is 3.53. The van der Waals surface area contributed by atoms with Crippen molar-refractivity contribution in [1.82, 2.24) is 14.8 Å². The Labute approximate surface area is 100 Å². The van der Waals surface area contributed by atoms with E-state index in [1.807, 2.05) is 27.0 Å². The normalized spacial score (nSPS) is 10.6. The number of nitrogens with zero attached hydrogens (tertiary/aromatic N) is 3. The van der Waals surface area contributed by atoms with E-state index in [0.717, 1.165) is 22.4 Å². The van der Waals surface area contributed by atoms with Gasteiger partial charge in [-0.2, -0.15) is 5.10 Å². The monoisotopic (exact) mass is 229 g/mol. The second kappa shape index (κ2) is 4.13. The fourth-order valence-corrected chi connectivity index (χ4v) is 1.93. The Morgan fingerprint density at radius 3 is 2.65 bits per heavy atom. The van der Waals surface area contributed by atoms with Crippen LogP contribution in [0.5, 0.6) is 0 Å². The van der Waals surface area contributed by atoms with E-state index in [1.54, 1.807) is 24.0 Å². The first-order chi connectivity index (χ1) is 8.02. The molecule has 0 unspecified atom stereocenters. The molecule has 0 N–H and O–H groups in total. The summed E-state index contributed by atoms with van der Waals surface area (Å²) in [7, 11) is 1.85. The third-order valence-electron chi connectivity index (χ3n) is 2.96. The number of hydrogen-bond donors (Lipinski definition) is 0. The highest BCUT2D eigenvalue weighted by atomic mass is 16.1. The zero-order valence-electron chi connectivity index (χ0n) is 10.5. The molecule has 0 bridgehead atoms. The van der Waals surface area contributed by atoms with Crippen molar-refractivity contribution in [1.29, 1.82) is 0 Å². The molecule has 0 fully saturated rings. The maximum absolute atomic E-state index is 11.6. The first kappa shape index (κ1) is 11.5. The lowest BCUT2D eigenvalue weighted by molar-refractivity contribution is 0.101. The van der Waals surface area contributed by atoms with Gasteiger partial charge in [0.05, 0.1) is 0 Å². The van der Waals surface area contributed by atoms with Gasteiger partial charge in [-0.25, -0.2) is 0 Å². The molecule has 0 aliphatic heterocycles. The molecule has 0 amide bonds. The maximum atomic E-state index is 11.6. The predicted molar refractivity (Wildman–Crippen MR) is 65.9 cm³/mol. The number of pyridine rings is 1. The van der Waals surface area contributed by atoms with Gasteiger partial charge in [0.25, 0.3) is 0 Å². The van der Waals surface area contributed by atoms with Gasteiger partial charge in [0, 0.05) is 37.6 Å². The molecule has 2 rings (SSSR count). The van der Waals surface area contributed by atoms with Gasteiger partial charge in [0.2, 0.25) is 0 Å². The van der Waals surface area contributed by atoms with Gasteiger partial charge in [-0.3, -0.25) is 14.5 Å². The van der Waals surface area contributed by atoms with Gasteiger partial charge in [0.1, 0.15) is 5.69 Å². The molecule has 0 atom stereocenters. The van der Waals surface area contributed by atoms with Crippen LogP contribution in [0, 0.1) is 13.8 Å². The van der Waals surface area contributed by atoms with Crippen molar-refractivity contribution < 1.29 is 4.79 Å². The van der Waals surface area contributed by atoms with Crippen LogP contribution in [-0.4, -0.2) is 20.5 Å². The molecule has 0 aliphatic rings. The maximum Gasteiger partial charge on any atom is 0.180 e. The van der Waals surface area contributed by atoms with Crippen LogP contribution < -0.4 is 0 Å². The van der Waals surface area contributed by atoms with Gasteiger partial charge in [0.15, 0.2) is 5.78 Å². The Morgan fingerprint density at radius 1 is 1.35 bits per heavy atom. The van der Waals surface area contributed by atoms with Crippen molar-refractivity contribution in [2.75, 3.05) is 0 Å². The standard InChI is InChI=1S/C13H15N3O/c1-8-7-14-6-5-11(8)12-9(2)16(4)15-13(12)10(3)17/h5-7H,1-4H3. The first-order valence-electron chi connectivity index (χ1n) is 5.48. The molecule has 2 heterocycles. The molecule has 0 aromatic carbocycles. The zero-order valence-corrected chi connectivity index (χ0v) is 10.5. The highest BCUT2D eigenvalue weighted by Crippen LogP contribution is 2.29. The Morgan fingerprint density at radius 2 is 2.06 bits per heavy atom. The van der Waals surface area contributed by atoms with Crippen molar-refractivity contribution in [2.45, 2.75) is 20.8 Å². The number of aromatic nitrogens is 3. The highest BCUT2D eigenvalue weighted by Gasteiger charge is 2.19. The van der Waals surface area contributed by atoms with Crippen molar-refractivity contribution in [3.05, 3.63) is 35.4 Å². The molecule has 4 nitrogen and oxygen atoms in total. The first-order valence-corrected chi connectivity index (χ1v) is 5.48. The van der Waals surface area contributed by atoms with Gasteiger partial charge in [-0.1, -0.05) is 0 Å². The van der Waals surface area contributed by atoms with Crippen LogP contribution in [0.25, 0.3) is 11.1 Å². The summed E-state index contributed by atoms with van der Waals surface area (Å²) in [4.78, 5) is 15.7. The minimum Gasteiger partial charge on any atom is -0.293 e. The van der Waals surface area contributed by atoms with Crippen LogP contribution in [0.4, 0.5) is 0 Å². The largest absolute Gasteiger partial charge is 0.293 e. The zero-order chi connectivity index (χ0) is 12.6. The van der Waals surface area contributed by atoms with Crippen LogP contribution in [0.15, 0.2) is 18.5 Å². The fourth-order valence-electron chi connectivity index (χ4n) is 1.93. The van der Waals surface area contributed by atoms with Gasteiger partial charge >= 0.3 is 0 Å². The summed E-state index contributed by atoms with van der Waals surface area (Å²) in [5.74, 6) is -0.0140. The SMILES string of the molecule is CC(=O)c1nn(C)c(C)c1-c1ccncc1C. The third-order valence-corrected chi connectivity index (χ3v) is 2.96. The molecule has 0 radical (unpaired) electrons. The van der Waals surface area contributed by atoms with Crippen molar-refractivity contribution in [3.8, 4) is 11.1 Å². The quantitative estimate of drug-likeness (QED) is 0.742. The molecule has 17 heavy (non-hydrogen) atoms. The molecule has 0 aliphatic carbocycles. The number of rotatable bonds is 2. The van der Waals surface area contributed by atoms with E-state index in [0.29, 0.717) is 5.69 Å². The van der Waals surface area contributed by atoms with E-state index in [1.165, 1.54) is 0 Å². The number of carbonyl (C=O) groups excluding carboxylic acids is 1. The van der Waals surface area contributed by atoms with E-state index in [-0.39, 0.29) is 5.78 Å². The molecule has 88 valence electrons. The smallest absolute Gasteiger partial charge is 0.180 e.